The Hall–Kier alpha value is -2.43. The molecule has 2 aromatic rings. The monoisotopic (exact) mass is 340 g/mol. The summed E-state index contributed by atoms with van der Waals surface area (Å²) in [6.45, 7) is 11.3. The Labute approximate surface area is 150 Å². The van der Waals surface area contributed by atoms with Gasteiger partial charge in [-0.3, -0.25) is 4.79 Å². The predicted octanol–water partition coefficient (Wildman–Crippen LogP) is 4.62. The Balaban J connectivity index is 2.06. The van der Waals surface area contributed by atoms with Crippen molar-refractivity contribution < 1.29 is 4.79 Å². The van der Waals surface area contributed by atoms with Crippen LogP contribution in [-0.2, 0) is 0 Å². The molecular formula is C20H28N4O. The molecule has 0 aliphatic heterocycles. The molecule has 0 aliphatic carbocycles. The van der Waals surface area contributed by atoms with Gasteiger partial charge in [0.05, 0.1) is 0 Å². The molecule has 1 amide bonds. The molecule has 5 nitrogen and oxygen atoms in total. The second kappa shape index (κ2) is 8.60. The lowest BCUT2D eigenvalue weighted by Gasteiger charge is -2.10. The standard InChI is InChI=1S/C20H28N4O/c1-13(2)10-11-21-20-22-15(5)12-18(24-20)19(25)23-17-8-6-16(7-9-17)14(3)4/h6-9,12-14H,10-11H2,1-5H3,(H,23,25)(H,21,22,24). The molecule has 0 unspecified atom stereocenters. The maximum Gasteiger partial charge on any atom is 0.274 e. The maximum absolute atomic E-state index is 12.5. The third-order valence-corrected chi connectivity index (χ3v) is 3.93. The third kappa shape index (κ3) is 5.85. The molecule has 0 bridgehead atoms. The van der Waals surface area contributed by atoms with Gasteiger partial charge >= 0.3 is 0 Å². The quantitative estimate of drug-likeness (QED) is 0.772. The number of benzene rings is 1. The van der Waals surface area contributed by atoms with Crippen molar-refractivity contribution in [2.45, 2.75) is 47.0 Å². The summed E-state index contributed by atoms with van der Waals surface area (Å²) < 4.78 is 0. The zero-order valence-electron chi connectivity index (χ0n) is 15.8. The van der Waals surface area contributed by atoms with Gasteiger partial charge in [0.15, 0.2) is 0 Å². The van der Waals surface area contributed by atoms with Gasteiger partial charge in [0.1, 0.15) is 5.69 Å². The van der Waals surface area contributed by atoms with Crippen LogP contribution in [0.4, 0.5) is 11.6 Å². The number of anilines is 2. The van der Waals surface area contributed by atoms with Crippen LogP contribution in [0.2, 0.25) is 0 Å². The van der Waals surface area contributed by atoms with Gasteiger partial charge in [-0.1, -0.05) is 39.8 Å². The van der Waals surface area contributed by atoms with E-state index >= 15 is 0 Å². The van der Waals surface area contributed by atoms with Crippen LogP contribution in [0.5, 0.6) is 0 Å². The molecule has 0 aliphatic rings. The minimum atomic E-state index is -0.227. The molecule has 0 spiro atoms. The summed E-state index contributed by atoms with van der Waals surface area (Å²) in [6.07, 6.45) is 1.03. The first-order valence-corrected chi connectivity index (χ1v) is 8.86. The minimum Gasteiger partial charge on any atom is -0.354 e. The first kappa shape index (κ1) is 18.9. The molecule has 5 heteroatoms. The maximum atomic E-state index is 12.5. The van der Waals surface area contributed by atoms with Crippen molar-refractivity contribution in [2.24, 2.45) is 5.92 Å². The van der Waals surface area contributed by atoms with Crippen molar-refractivity contribution in [3.63, 3.8) is 0 Å². The van der Waals surface area contributed by atoms with Crippen LogP contribution in [0.1, 0.15) is 61.8 Å². The molecule has 134 valence electrons. The third-order valence-electron chi connectivity index (χ3n) is 3.93. The average Bonchev–Trinajstić information content (AvgIpc) is 2.54. The van der Waals surface area contributed by atoms with E-state index in [1.54, 1.807) is 6.07 Å². The summed E-state index contributed by atoms with van der Waals surface area (Å²) in [6, 6.07) is 9.60. The van der Waals surface area contributed by atoms with Crippen LogP contribution in [0, 0.1) is 12.8 Å². The summed E-state index contributed by atoms with van der Waals surface area (Å²) in [7, 11) is 0. The zero-order valence-corrected chi connectivity index (χ0v) is 15.8. The van der Waals surface area contributed by atoms with Crippen molar-refractivity contribution in [1.29, 1.82) is 0 Å². The fourth-order valence-electron chi connectivity index (χ4n) is 2.38. The summed E-state index contributed by atoms with van der Waals surface area (Å²) in [4.78, 5) is 21.2. The van der Waals surface area contributed by atoms with Gasteiger partial charge in [0, 0.05) is 17.9 Å². The van der Waals surface area contributed by atoms with E-state index in [1.807, 2.05) is 31.2 Å². The van der Waals surface area contributed by atoms with Crippen LogP contribution in [-0.4, -0.2) is 22.4 Å². The average molecular weight is 340 g/mol. The SMILES string of the molecule is Cc1cc(C(=O)Nc2ccc(C(C)C)cc2)nc(NCCC(C)C)n1. The van der Waals surface area contributed by atoms with Crippen molar-refractivity contribution in [3.8, 4) is 0 Å². The number of nitrogens with zero attached hydrogens (tertiary/aromatic N) is 2. The van der Waals surface area contributed by atoms with Crippen LogP contribution in [0.25, 0.3) is 0 Å². The van der Waals surface area contributed by atoms with E-state index in [-0.39, 0.29) is 5.91 Å². The molecule has 0 fully saturated rings. The first-order chi connectivity index (χ1) is 11.8. The molecule has 1 heterocycles. The van der Waals surface area contributed by atoms with Gasteiger partial charge in [-0.2, -0.15) is 0 Å². The number of carbonyl (C=O) groups is 1. The molecule has 0 radical (unpaired) electrons. The van der Waals surface area contributed by atoms with E-state index in [4.69, 9.17) is 0 Å². The van der Waals surface area contributed by atoms with Crippen molar-refractivity contribution in [2.75, 3.05) is 17.2 Å². The van der Waals surface area contributed by atoms with E-state index in [0.29, 0.717) is 23.5 Å². The molecule has 0 saturated carbocycles. The van der Waals surface area contributed by atoms with Gasteiger partial charge in [-0.25, -0.2) is 9.97 Å². The van der Waals surface area contributed by atoms with E-state index in [0.717, 1.165) is 24.3 Å². The largest absolute Gasteiger partial charge is 0.354 e. The number of rotatable bonds is 7. The lowest BCUT2D eigenvalue weighted by molar-refractivity contribution is 0.102. The lowest BCUT2D eigenvalue weighted by atomic mass is 10.0. The molecule has 2 rings (SSSR count). The Morgan fingerprint density at radius 1 is 1.08 bits per heavy atom. The topological polar surface area (TPSA) is 66.9 Å². The summed E-state index contributed by atoms with van der Waals surface area (Å²) in [5.74, 6) is 1.35. The number of carbonyl (C=O) groups excluding carboxylic acids is 1. The summed E-state index contributed by atoms with van der Waals surface area (Å²) in [5, 5.41) is 6.09. The van der Waals surface area contributed by atoms with Crippen LogP contribution in [0.15, 0.2) is 30.3 Å². The molecule has 1 aromatic heterocycles. The van der Waals surface area contributed by atoms with Crippen LogP contribution in [0.3, 0.4) is 0 Å². The van der Waals surface area contributed by atoms with E-state index < -0.39 is 0 Å². The number of nitrogens with one attached hydrogen (secondary N) is 2. The minimum absolute atomic E-state index is 0.227. The van der Waals surface area contributed by atoms with E-state index in [2.05, 4.69) is 48.3 Å². The summed E-state index contributed by atoms with van der Waals surface area (Å²) in [5.41, 5.74) is 3.14. The molecule has 2 N–H and O–H groups in total. The number of hydrogen-bond donors (Lipinski definition) is 2. The highest BCUT2D eigenvalue weighted by atomic mass is 16.1. The van der Waals surface area contributed by atoms with Gasteiger partial charge in [0.25, 0.3) is 5.91 Å². The number of amides is 1. The predicted molar refractivity (Wildman–Crippen MR) is 103 cm³/mol. The fraction of sp³-hybridized carbons (Fsp3) is 0.450. The Morgan fingerprint density at radius 2 is 1.76 bits per heavy atom. The second-order valence-corrected chi connectivity index (χ2v) is 7.06. The fourth-order valence-corrected chi connectivity index (χ4v) is 2.38. The Kier molecular flexibility index (Phi) is 6.51. The highest BCUT2D eigenvalue weighted by molar-refractivity contribution is 6.03. The smallest absolute Gasteiger partial charge is 0.274 e. The molecule has 25 heavy (non-hydrogen) atoms. The van der Waals surface area contributed by atoms with Crippen molar-refractivity contribution in [1.82, 2.24) is 9.97 Å². The van der Waals surface area contributed by atoms with Crippen LogP contribution >= 0.6 is 0 Å². The van der Waals surface area contributed by atoms with Crippen LogP contribution < -0.4 is 10.6 Å². The van der Waals surface area contributed by atoms with Gasteiger partial charge in [0.2, 0.25) is 5.95 Å². The Morgan fingerprint density at radius 3 is 2.36 bits per heavy atom. The normalized spacial score (nSPS) is 11.0. The molecule has 1 aromatic carbocycles. The van der Waals surface area contributed by atoms with Crippen molar-refractivity contribution in [3.05, 3.63) is 47.3 Å². The first-order valence-electron chi connectivity index (χ1n) is 8.86. The van der Waals surface area contributed by atoms with E-state index in [1.165, 1.54) is 5.56 Å². The van der Waals surface area contributed by atoms with E-state index in [9.17, 15) is 4.79 Å². The lowest BCUT2D eigenvalue weighted by Crippen LogP contribution is -2.16. The van der Waals surface area contributed by atoms with Gasteiger partial charge in [-0.05, 0) is 48.9 Å². The molecule has 0 saturated heterocycles. The molecular weight excluding hydrogens is 312 g/mol. The number of hydrogen-bond acceptors (Lipinski definition) is 4. The zero-order chi connectivity index (χ0) is 18.4. The van der Waals surface area contributed by atoms with Gasteiger partial charge < -0.3 is 10.6 Å². The molecule has 0 atom stereocenters. The highest BCUT2D eigenvalue weighted by Crippen LogP contribution is 2.18. The summed E-state index contributed by atoms with van der Waals surface area (Å²) >= 11 is 0. The van der Waals surface area contributed by atoms with Crippen molar-refractivity contribution >= 4 is 17.5 Å². The Bertz CT molecular complexity index is 708. The number of aromatic nitrogens is 2. The highest BCUT2D eigenvalue weighted by Gasteiger charge is 2.11. The van der Waals surface area contributed by atoms with Gasteiger partial charge in [-0.15, -0.1) is 0 Å². The number of aryl methyl sites for hydroxylation is 1. The second-order valence-electron chi connectivity index (χ2n) is 7.06.